The molecule has 2 amide bonds. The first kappa shape index (κ1) is 21.0. The number of benzene rings is 2. The van der Waals surface area contributed by atoms with Gasteiger partial charge in [0.25, 0.3) is 0 Å². The Bertz CT molecular complexity index is 956. The van der Waals surface area contributed by atoms with Crippen LogP contribution in [-0.4, -0.2) is 50.8 Å². The van der Waals surface area contributed by atoms with Crippen LogP contribution >= 0.6 is 0 Å². The van der Waals surface area contributed by atoms with Crippen molar-refractivity contribution < 1.29 is 19.1 Å². The van der Waals surface area contributed by atoms with E-state index in [0.29, 0.717) is 17.8 Å². The van der Waals surface area contributed by atoms with Crippen molar-refractivity contribution in [2.75, 3.05) is 44.1 Å². The lowest BCUT2D eigenvalue weighted by Crippen LogP contribution is -2.35. The third-order valence-corrected chi connectivity index (χ3v) is 6.10. The second-order valence-corrected chi connectivity index (χ2v) is 7.98. The van der Waals surface area contributed by atoms with Crippen LogP contribution in [0.5, 0.6) is 5.75 Å². The number of likely N-dealkylation sites (tertiary alicyclic amines) is 1. The molecule has 0 saturated carbocycles. The second kappa shape index (κ2) is 9.29. The summed E-state index contributed by atoms with van der Waals surface area (Å²) in [6.07, 6.45) is 4.09. The van der Waals surface area contributed by atoms with Gasteiger partial charge < -0.3 is 24.6 Å². The van der Waals surface area contributed by atoms with Crippen molar-refractivity contribution in [3.05, 3.63) is 53.6 Å². The van der Waals surface area contributed by atoms with Crippen LogP contribution in [0.15, 0.2) is 42.5 Å². The molecule has 1 unspecified atom stereocenters. The summed E-state index contributed by atoms with van der Waals surface area (Å²) in [4.78, 5) is 29.5. The fourth-order valence-corrected chi connectivity index (χ4v) is 4.51. The van der Waals surface area contributed by atoms with Gasteiger partial charge in [0.05, 0.1) is 37.2 Å². The van der Waals surface area contributed by atoms with Gasteiger partial charge in [0.1, 0.15) is 5.75 Å². The van der Waals surface area contributed by atoms with Crippen LogP contribution in [0.25, 0.3) is 0 Å². The minimum atomic E-state index is -0.418. The lowest BCUT2D eigenvalue weighted by molar-refractivity contribution is 0.0600. The van der Waals surface area contributed by atoms with Crippen LogP contribution in [0, 0.1) is 0 Å². The molecule has 0 spiro atoms. The number of hydrogen-bond acceptors (Lipinski definition) is 5. The molecule has 0 radical (unpaired) electrons. The molecule has 4 rings (SSSR count). The average Bonchev–Trinajstić information content (AvgIpc) is 3.51. The number of anilines is 2. The number of nitrogens with one attached hydrogen (secondary N) is 1. The molecule has 1 N–H and O–H groups in total. The third-order valence-electron chi connectivity index (χ3n) is 6.10. The van der Waals surface area contributed by atoms with Gasteiger partial charge in [-0.05, 0) is 61.6 Å². The highest BCUT2D eigenvalue weighted by Crippen LogP contribution is 2.35. The van der Waals surface area contributed by atoms with E-state index < -0.39 is 5.97 Å². The van der Waals surface area contributed by atoms with Crippen LogP contribution < -0.4 is 15.0 Å². The average molecular weight is 424 g/mol. The number of urea groups is 1. The van der Waals surface area contributed by atoms with E-state index in [4.69, 9.17) is 9.47 Å². The first-order valence-corrected chi connectivity index (χ1v) is 10.8. The Labute approximate surface area is 182 Å². The number of methoxy groups -OCH3 is 2. The van der Waals surface area contributed by atoms with Crippen molar-refractivity contribution in [3.63, 3.8) is 0 Å². The lowest BCUT2D eigenvalue weighted by Gasteiger charge is -2.28. The Morgan fingerprint density at radius 3 is 2.55 bits per heavy atom. The molecule has 2 aromatic carbocycles. The van der Waals surface area contributed by atoms with Crippen LogP contribution in [0.3, 0.4) is 0 Å². The molecule has 31 heavy (non-hydrogen) atoms. The van der Waals surface area contributed by atoms with Gasteiger partial charge in [0, 0.05) is 19.6 Å². The summed E-state index contributed by atoms with van der Waals surface area (Å²) >= 11 is 0. The number of nitrogens with zero attached hydrogens (tertiary/aromatic N) is 2. The predicted molar refractivity (Wildman–Crippen MR) is 120 cm³/mol. The second-order valence-electron chi connectivity index (χ2n) is 7.98. The molecule has 2 aliphatic rings. The summed E-state index contributed by atoms with van der Waals surface area (Å²) in [5.41, 5.74) is 3.07. The minimum absolute atomic E-state index is 0.00544. The van der Waals surface area contributed by atoms with E-state index >= 15 is 0 Å². The van der Waals surface area contributed by atoms with E-state index in [1.165, 1.54) is 7.11 Å². The molecule has 2 aromatic rings. The molecular formula is C24H29N3O4. The largest absolute Gasteiger partial charge is 0.497 e. The Morgan fingerprint density at radius 1 is 1.00 bits per heavy atom. The van der Waals surface area contributed by atoms with Gasteiger partial charge in [-0.1, -0.05) is 12.1 Å². The van der Waals surface area contributed by atoms with Crippen molar-refractivity contribution >= 4 is 23.4 Å². The number of carbonyl (C=O) groups excluding carboxylic acids is 2. The highest BCUT2D eigenvalue weighted by molar-refractivity contribution is 5.97. The van der Waals surface area contributed by atoms with Crippen LogP contribution in [0.2, 0.25) is 0 Å². The number of rotatable bonds is 5. The van der Waals surface area contributed by atoms with E-state index in [-0.39, 0.29) is 12.1 Å². The molecule has 0 aromatic heterocycles. The number of esters is 1. The fraction of sp³-hybridized carbons (Fsp3) is 0.417. The van der Waals surface area contributed by atoms with E-state index in [9.17, 15) is 9.59 Å². The maximum Gasteiger partial charge on any atom is 0.337 e. The van der Waals surface area contributed by atoms with Gasteiger partial charge >= 0.3 is 12.0 Å². The summed E-state index contributed by atoms with van der Waals surface area (Å²) in [6.45, 7) is 2.57. The summed E-state index contributed by atoms with van der Waals surface area (Å²) in [6, 6.07) is 13.1. The molecular weight excluding hydrogens is 394 g/mol. The lowest BCUT2D eigenvalue weighted by atomic mass is 10.0. The topological polar surface area (TPSA) is 71.1 Å². The van der Waals surface area contributed by atoms with E-state index in [1.807, 2.05) is 35.2 Å². The number of carbonyl (C=O) groups is 2. The third kappa shape index (κ3) is 4.45. The van der Waals surface area contributed by atoms with Gasteiger partial charge in [-0.2, -0.15) is 0 Å². The maximum absolute atomic E-state index is 13.3. The van der Waals surface area contributed by atoms with Crippen molar-refractivity contribution in [2.45, 2.75) is 31.7 Å². The van der Waals surface area contributed by atoms with Gasteiger partial charge in [-0.3, -0.25) is 0 Å². The van der Waals surface area contributed by atoms with Crippen LogP contribution in [0.1, 0.15) is 47.6 Å². The minimum Gasteiger partial charge on any atom is -0.497 e. The Kier molecular flexibility index (Phi) is 6.30. The molecule has 1 atom stereocenters. The summed E-state index contributed by atoms with van der Waals surface area (Å²) in [5.74, 6) is 0.366. The van der Waals surface area contributed by atoms with Gasteiger partial charge in [-0.25, -0.2) is 9.59 Å². The Balaban J connectivity index is 1.59. The zero-order valence-corrected chi connectivity index (χ0v) is 18.1. The predicted octanol–water partition coefficient (Wildman–Crippen LogP) is 4.45. The highest BCUT2D eigenvalue weighted by Gasteiger charge is 2.31. The molecule has 164 valence electrons. The van der Waals surface area contributed by atoms with Gasteiger partial charge in [0.2, 0.25) is 0 Å². The highest BCUT2D eigenvalue weighted by atomic mass is 16.5. The number of amides is 2. The van der Waals surface area contributed by atoms with Crippen LogP contribution in [0.4, 0.5) is 16.2 Å². The van der Waals surface area contributed by atoms with E-state index in [0.717, 1.165) is 55.8 Å². The quantitative estimate of drug-likeness (QED) is 0.720. The molecule has 0 aliphatic carbocycles. The van der Waals surface area contributed by atoms with E-state index in [1.54, 1.807) is 19.2 Å². The molecule has 2 aliphatic heterocycles. The monoisotopic (exact) mass is 423 g/mol. The molecule has 7 heteroatoms. The molecule has 7 nitrogen and oxygen atoms in total. The summed E-state index contributed by atoms with van der Waals surface area (Å²) in [7, 11) is 3.00. The molecule has 2 saturated heterocycles. The van der Waals surface area contributed by atoms with Gasteiger partial charge in [-0.15, -0.1) is 0 Å². The first-order chi connectivity index (χ1) is 15.1. The molecule has 2 fully saturated rings. The maximum atomic E-state index is 13.3. The fourth-order valence-electron chi connectivity index (χ4n) is 4.51. The molecule has 0 bridgehead atoms. The summed E-state index contributed by atoms with van der Waals surface area (Å²) < 4.78 is 10.2. The van der Waals surface area contributed by atoms with Crippen molar-refractivity contribution in [2.24, 2.45) is 0 Å². The first-order valence-electron chi connectivity index (χ1n) is 10.8. The van der Waals surface area contributed by atoms with E-state index in [2.05, 4.69) is 10.2 Å². The van der Waals surface area contributed by atoms with Crippen LogP contribution in [-0.2, 0) is 4.74 Å². The van der Waals surface area contributed by atoms with Crippen molar-refractivity contribution in [1.82, 2.24) is 4.90 Å². The Hall–Kier alpha value is -3.22. The van der Waals surface area contributed by atoms with Gasteiger partial charge in [0.15, 0.2) is 0 Å². The zero-order chi connectivity index (χ0) is 21.8. The molecule has 2 heterocycles. The summed E-state index contributed by atoms with van der Waals surface area (Å²) in [5, 5.41) is 3.08. The number of hydrogen-bond donors (Lipinski definition) is 1. The number of ether oxygens (including phenoxy) is 2. The van der Waals surface area contributed by atoms with Crippen molar-refractivity contribution in [1.29, 1.82) is 0 Å². The Morgan fingerprint density at radius 2 is 1.81 bits per heavy atom. The van der Waals surface area contributed by atoms with Crippen molar-refractivity contribution in [3.8, 4) is 5.75 Å². The zero-order valence-electron chi connectivity index (χ0n) is 18.1. The normalized spacial score (nSPS) is 18.2. The smallest absolute Gasteiger partial charge is 0.337 e. The standard InChI is InChI=1S/C24H29N3O4/c1-30-19-8-5-7-17(15-19)21-9-6-14-27(21)24(29)25-20-16-18(23(28)31-2)10-11-22(20)26-12-3-4-13-26/h5,7-8,10-11,15-16,21H,3-4,6,9,12-14H2,1-2H3,(H,25,29). The SMILES string of the molecule is COC(=O)c1ccc(N2CCCC2)c(NC(=O)N2CCCC2c2cccc(OC)c2)c1.